The summed E-state index contributed by atoms with van der Waals surface area (Å²) in [5.41, 5.74) is -4.41. The van der Waals surface area contributed by atoms with Crippen LogP contribution in [0.1, 0.15) is 11.1 Å². The largest absolute Gasteiger partial charge is 0.477 e. The van der Waals surface area contributed by atoms with Crippen molar-refractivity contribution in [2.45, 2.75) is 30.1 Å². The van der Waals surface area contributed by atoms with Crippen LogP contribution in [-0.4, -0.2) is 34.8 Å². The first-order chi connectivity index (χ1) is 12.7. The predicted molar refractivity (Wildman–Crippen MR) is 64.6 cm³/mol. The van der Waals surface area contributed by atoms with Crippen LogP contribution in [0.2, 0.25) is 0 Å². The molecule has 0 atom stereocenters. The molecule has 0 unspecified atom stereocenters. The van der Waals surface area contributed by atoms with Crippen molar-refractivity contribution in [1.29, 1.82) is 0 Å². The topological polar surface area (TPSA) is 63.6 Å². The van der Waals surface area contributed by atoms with Crippen LogP contribution in [0.5, 0.6) is 5.75 Å². The molecule has 1 N–H and O–H groups in total. The number of benzene rings is 1. The molecule has 0 aliphatic carbocycles. The van der Waals surface area contributed by atoms with Gasteiger partial charge in [-0.15, -0.1) is 0 Å². The quantitative estimate of drug-likeness (QED) is 0.403. The number of hydrogen-bond donors (Lipinski definition) is 1. The fourth-order valence-electron chi connectivity index (χ4n) is 1.62. The van der Waals surface area contributed by atoms with Crippen molar-refractivity contribution in [2.24, 2.45) is 0 Å². The number of esters is 1. The van der Waals surface area contributed by atoms with E-state index in [4.69, 9.17) is 5.11 Å². The summed E-state index contributed by atoms with van der Waals surface area (Å²) in [6.45, 7) is 0. The van der Waals surface area contributed by atoms with Crippen LogP contribution in [0, 0.1) is 0 Å². The Morgan fingerprint density at radius 3 is 1.38 bits per heavy atom. The predicted octanol–water partition coefficient (Wildman–Crippen LogP) is 4.62. The van der Waals surface area contributed by atoms with E-state index in [1.54, 1.807) is 0 Å². The van der Waals surface area contributed by atoms with Gasteiger partial charge in [-0.1, -0.05) is 0 Å². The molecule has 29 heavy (non-hydrogen) atoms. The summed E-state index contributed by atoms with van der Waals surface area (Å²) in [7, 11) is 0. The van der Waals surface area contributed by atoms with Crippen molar-refractivity contribution >= 4 is 11.9 Å². The van der Waals surface area contributed by atoms with Crippen molar-refractivity contribution in [1.82, 2.24) is 0 Å². The van der Waals surface area contributed by atoms with Gasteiger partial charge in [-0.25, -0.2) is 9.59 Å². The smallest absolute Gasteiger partial charge is 0.416 e. The van der Waals surface area contributed by atoms with Gasteiger partial charge in [-0.2, -0.15) is 52.7 Å². The Kier molecular flexibility index (Phi) is 5.86. The molecule has 0 fully saturated rings. The molecule has 0 aliphatic rings. The van der Waals surface area contributed by atoms with E-state index < -0.39 is 77.1 Å². The Balaban J connectivity index is 3.42. The van der Waals surface area contributed by atoms with Gasteiger partial charge in [0.25, 0.3) is 0 Å². The van der Waals surface area contributed by atoms with E-state index >= 15 is 0 Å². The van der Waals surface area contributed by atoms with Gasteiger partial charge in [-0.3, -0.25) is 0 Å². The third kappa shape index (κ3) is 4.50. The second-order valence-electron chi connectivity index (χ2n) is 5.16. The molecule has 0 spiro atoms. The van der Waals surface area contributed by atoms with E-state index in [0.29, 0.717) is 0 Å². The highest BCUT2D eigenvalue weighted by atomic mass is 19.4. The van der Waals surface area contributed by atoms with Gasteiger partial charge in [0.1, 0.15) is 5.75 Å². The zero-order valence-electron chi connectivity index (χ0n) is 12.9. The van der Waals surface area contributed by atoms with Gasteiger partial charge >= 0.3 is 42.1 Å². The summed E-state index contributed by atoms with van der Waals surface area (Å²) in [5.74, 6) is -29.7. The lowest BCUT2D eigenvalue weighted by Crippen LogP contribution is -2.61. The molecule has 1 aromatic carbocycles. The van der Waals surface area contributed by atoms with Gasteiger partial charge in [0, 0.05) is 0 Å². The molecule has 0 heterocycles. The fourth-order valence-corrected chi connectivity index (χ4v) is 1.62. The van der Waals surface area contributed by atoms with E-state index in [9.17, 15) is 62.3 Å². The van der Waals surface area contributed by atoms with E-state index in [1.165, 1.54) is 0 Å². The fraction of sp³-hybridized carbons (Fsp3) is 0.385. The van der Waals surface area contributed by atoms with Crippen LogP contribution < -0.4 is 4.74 Å². The second kappa shape index (κ2) is 6.98. The lowest BCUT2D eigenvalue weighted by molar-refractivity contribution is -0.297. The number of alkyl halides is 12. The third-order valence-electron chi connectivity index (χ3n) is 3.09. The molecule has 4 nitrogen and oxygen atoms in total. The normalized spacial score (nSPS) is 13.9. The average Bonchev–Trinajstić information content (AvgIpc) is 2.52. The Morgan fingerprint density at radius 1 is 0.690 bits per heavy atom. The first-order valence-corrected chi connectivity index (χ1v) is 6.54. The maximum atomic E-state index is 13.4. The van der Waals surface area contributed by atoms with E-state index in [2.05, 4.69) is 4.74 Å². The van der Waals surface area contributed by atoms with E-state index in [0.717, 1.165) is 0 Å². The molecule has 0 bridgehead atoms. The zero-order chi connectivity index (χ0) is 23.2. The van der Waals surface area contributed by atoms with Crippen LogP contribution in [0.25, 0.3) is 0 Å². The Labute approximate surface area is 150 Å². The Bertz CT molecular complexity index is 777. The minimum absolute atomic E-state index is 0.475. The van der Waals surface area contributed by atoms with Crippen LogP contribution in [0.3, 0.4) is 0 Å². The number of aliphatic carboxylic acids is 1. The number of carboxylic acids is 1. The second-order valence-corrected chi connectivity index (χ2v) is 5.16. The number of carboxylic acid groups (broad SMARTS) is 1. The highest BCUT2D eigenvalue weighted by molar-refractivity contribution is 5.85. The zero-order valence-corrected chi connectivity index (χ0v) is 12.9. The highest BCUT2D eigenvalue weighted by Crippen LogP contribution is 2.47. The summed E-state index contributed by atoms with van der Waals surface area (Å²) in [6, 6.07) is -1.49. The van der Waals surface area contributed by atoms with Crippen molar-refractivity contribution in [3.05, 3.63) is 29.3 Å². The molecular formula is C13H4F12O4. The minimum Gasteiger partial charge on any atom is -0.477 e. The first-order valence-electron chi connectivity index (χ1n) is 6.54. The Hall–Kier alpha value is -2.68. The summed E-state index contributed by atoms with van der Waals surface area (Å²) >= 11 is 0. The van der Waals surface area contributed by atoms with Crippen LogP contribution in [0.15, 0.2) is 18.2 Å². The highest BCUT2D eigenvalue weighted by Gasteiger charge is 2.79. The third-order valence-corrected chi connectivity index (χ3v) is 3.09. The molecule has 1 rings (SSSR count). The molecule has 1 aromatic rings. The summed E-state index contributed by atoms with van der Waals surface area (Å²) in [6.07, 6.45) is -11.1. The summed E-state index contributed by atoms with van der Waals surface area (Å²) in [5, 5.41) is 7.90. The van der Waals surface area contributed by atoms with Crippen molar-refractivity contribution in [3.63, 3.8) is 0 Å². The van der Waals surface area contributed by atoms with Crippen molar-refractivity contribution < 1.29 is 72.1 Å². The van der Waals surface area contributed by atoms with Gasteiger partial charge < -0.3 is 9.84 Å². The molecule has 0 saturated carbocycles. The van der Waals surface area contributed by atoms with Crippen LogP contribution in [-0.2, 0) is 21.9 Å². The Morgan fingerprint density at radius 2 is 1.07 bits per heavy atom. The van der Waals surface area contributed by atoms with Crippen LogP contribution in [0.4, 0.5) is 52.7 Å². The van der Waals surface area contributed by atoms with E-state index in [-0.39, 0.29) is 0 Å². The van der Waals surface area contributed by atoms with Gasteiger partial charge in [0.2, 0.25) is 0 Å². The number of ether oxygens (including phenoxy) is 1. The standard InChI is InChI=1S/C13H4F12O4/c14-9(15,7(26)27)13(24,25)10(16,17)8(28)29-6-2-4(11(18,19)20)1-5(3-6)12(21,22)23/h1-3H,(H,26,27). The average molecular weight is 452 g/mol. The number of halogens is 12. The molecule has 0 amide bonds. The lowest BCUT2D eigenvalue weighted by Gasteiger charge is -2.28. The maximum Gasteiger partial charge on any atom is 0.416 e. The first kappa shape index (κ1) is 24.4. The maximum absolute atomic E-state index is 13.4. The van der Waals surface area contributed by atoms with Gasteiger partial charge in [0.05, 0.1) is 11.1 Å². The minimum atomic E-state index is -6.96. The van der Waals surface area contributed by atoms with E-state index in [1.807, 2.05) is 0 Å². The molecule has 0 aromatic heterocycles. The monoisotopic (exact) mass is 452 g/mol. The molecule has 0 radical (unpaired) electrons. The summed E-state index contributed by atoms with van der Waals surface area (Å²) < 4.78 is 158. The molecule has 16 heteroatoms. The molecule has 0 saturated heterocycles. The van der Waals surface area contributed by atoms with Crippen LogP contribution >= 0.6 is 0 Å². The van der Waals surface area contributed by atoms with Gasteiger partial charge in [0.15, 0.2) is 0 Å². The number of hydrogen-bond acceptors (Lipinski definition) is 3. The van der Waals surface area contributed by atoms with Crippen molar-refractivity contribution in [3.8, 4) is 5.75 Å². The number of rotatable bonds is 5. The van der Waals surface area contributed by atoms with Gasteiger partial charge in [-0.05, 0) is 18.2 Å². The van der Waals surface area contributed by atoms with Crippen molar-refractivity contribution in [2.75, 3.05) is 0 Å². The molecular weight excluding hydrogens is 448 g/mol. The summed E-state index contributed by atoms with van der Waals surface area (Å²) in [4.78, 5) is 21.2. The molecule has 0 aliphatic heterocycles. The lowest BCUT2D eigenvalue weighted by atomic mass is 10.0. The SMILES string of the molecule is O=C(O)C(F)(F)C(F)(F)C(F)(F)C(=O)Oc1cc(C(F)(F)F)cc(C(F)(F)F)c1. The number of carbonyl (C=O) groups is 2. The number of carbonyl (C=O) groups excluding carboxylic acids is 1. The molecule has 164 valence electrons.